The summed E-state index contributed by atoms with van der Waals surface area (Å²) in [4.78, 5) is 18.3. The highest BCUT2D eigenvalue weighted by molar-refractivity contribution is 5.79. The van der Waals surface area contributed by atoms with Crippen LogP contribution in [0.4, 0.5) is 8.78 Å². The third kappa shape index (κ3) is 3.33. The first-order valence-electron chi connectivity index (χ1n) is 8.20. The number of hydrogen-bond acceptors (Lipinski definition) is 4. The van der Waals surface area contributed by atoms with Gasteiger partial charge in [-0.2, -0.15) is 4.98 Å². The molecule has 0 bridgehead atoms. The molecule has 1 atom stereocenters. The fraction of sp³-hybridized carbons (Fsp3) is 0.211. The lowest BCUT2D eigenvalue weighted by Crippen LogP contribution is -2.24. The minimum Gasteiger partial charge on any atom is -0.338 e. The summed E-state index contributed by atoms with van der Waals surface area (Å²) in [6.45, 7) is 0.864. The molecule has 7 heteroatoms. The summed E-state index contributed by atoms with van der Waals surface area (Å²) in [5, 5.41) is 3.95. The molecule has 1 saturated heterocycles. The van der Waals surface area contributed by atoms with Crippen molar-refractivity contribution >= 4 is 5.91 Å². The molecule has 2 aromatic carbocycles. The van der Waals surface area contributed by atoms with Gasteiger partial charge in [-0.1, -0.05) is 23.4 Å². The average molecular weight is 355 g/mol. The van der Waals surface area contributed by atoms with Crippen molar-refractivity contribution in [3.63, 3.8) is 0 Å². The number of nitrogens with zero attached hydrogens (tertiary/aromatic N) is 3. The van der Waals surface area contributed by atoms with Crippen LogP contribution in [0.5, 0.6) is 0 Å². The summed E-state index contributed by atoms with van der Waals surface area (Å²) < 4.78 is 31.5. The highest BCUT2D eigenvalue weighted by Gasteiger charge is 2.33. The lowest BCUT2D eigenvalue weighted by Gasteiger charge is -2.16. The second kappa shape index (κ2) is 6.67. The minimum atomic E-state index is -0.385. The zero-order chi connectivity index (χ0) is 18.1. The number of aromatic nitrogens is 2. The Kier molecular flexibility index (Phi) is 4.20. The summed E-state index contributed by atoms with van der Waals surface area (Å²) in [6, 6.07) is 12.0. The van der Waals surface area contributed by atoms with Gasteiger partial charge in [-0.05, 0) is 35.9 Å². The van der Waals surface area contributed by atoms with Crippen LogP contribution in [0.3, 0.4) is 0 Å². The van der Waals surface area contributed by atoms with Gasteiger partial charge in [0.1, 0.15) is 11.6 Å². The number of amides is 1. The first kappa shape index (κ1) is 16.4. The van der Waals surface area contributed by atoms with Crippen molar-refractivity contribution in [3.05, 3.63) is 71.6 Å². The van der Waals surface area contributed by atoms with Crippen LogP contribution in [-0.4, -0.2) is 27.5 Å². The van der Waals surface area contributed by atoms with Gasteiger partial charge in [0.2, 0.25) is 5.91 Å². The molecule has 132 valence electrons. The summed E-state index contributed by atoms with van der Waals surface area (Å²) >= 11 is 0. The normalized spacial score (nSPS) is 17.1. The second-order valence-electron chi connectivity index (χ2n) is 6.27. The van der Waals surface area contributed by atoms with Gasteiger partial charge >= 0.3 is 0 Å². The van der Waals surface area contributed by atoms with Crippen LogP contribution in [0.15, 0.2) is 53.1 Å². The molecule has 0 N–H and O–H groups in total. The van der Waals surface area contributed by atoms with Crippen molar-refractivity contribution < 1.29 is 18.1 Å². The van der Waals surface area contributed by atoms with Crippen LogP contribution in [0.1, 0.15) is 23.7 Å². The number of hydrogen-bond donors (Lipinski definition) is 0. The van der Waals surface area contributed by atoms with Crippen molar-refractivity contribution in [3.8, 4) is 11.5 Å². The van der Waals surface area contributed by atoms with E-state index >= 15 is 0 Å². The van der Waals surface area contributed by atoms with Crippen LogP contribution in [0.25, 0.3) is 11.5 Å². The van der Waals surface area contributed by atoms with Gasteiger partial charge in [0.25, 0.3) is 5.89 Å². The van der Waals surface area contributed by atoms with E-state index in [4.69, 9.17) is 4.52 Å². The fourth-order valence-corrected chi connectivity index (χ4v) is 3.05. The number of benzene rings is 2. The predicted molar refractivity (Wildman–Crippen MR) is 88.9 cm³/mol. The first-order chi connectivity index (χ1) is 12.6. The van der Waals surface area contributed by atoms with E-state index in [1.54, 1.807) is 29.2 Å². The molecule has 1 aliphatic heterocycles. The van der Waals surface area contributed by atoms with E-state index in [0.29, 0.717) is 24.5 Å². The van der Waals surface area contributed by atoms with E-state index in [0.717, 1.165) is 5.56 Å². The Hall–Kier alpha value is -3.09. The summed E-state index contributed by atoms with van der Waals surface area (Å²) in [7, 11) is 0. The van der Waals surface area contributed by atoms with Crippen LogP contribution in [-0.2, 0) is 11.3 Å². The predicted octanol–water partition coefficient (Wildman–Crippen LogP) is 3.53. The molecule has 1 amide bonds. The van der Waals surface area contributed by atoms with Gasteiger partial charge in [-0.15, -0.1) is 0 Å². The van der Waals surface area contributed by atoms with E-state index in [-0.39, 0.29) is 35.8 Å². The van der Waals surface area contributed by atoms with Gasteiger partial charge < -0.3 is 9.42 Å². The SMILES string of the molecule is O=C1CC(c2noc(-c3cccc(F)c3)n2)CN1Cc1ccc(F)cc1. The maximum Gasteiger partial charge on any atom is 0.258 e. The minimum absolute atomic E-state index is 0.0172. The molecule has 2 heterocycles. The van der Waals surface area contributed by atoms with Crippen LogP contribution in [0.2, 0.25) is 0 Å². The molecular weight excluding hydrogens is 340 g/mol. The third-order valence-corrected chi connectivity index (χ3v) is 4.38. The van der Waals surface area contributed by atoms with Crippen LogP contribution < -0.4 is 0 Å². The Morgan fingerprint density at radius 2 is 1.92 bits per heavy atom. The molecule has 1 unspecified atom stereocenters. The van der Waals surface area contributed by atoms with Crippen molar-refractivity contribution in [2.75, 3.05) is 6.54 Å². The zero-order valence-electron chi connectivity index (χ0n) is 13.7. The molecule has 3 aromatic rings. The molecular formula is C19H15F2N3O2. The van der Waals surface area contributed by atoms with Gasteiger partial charge in [0.15, 0.2) is 5.82 Å². The van der Waals surface area contributed by atoms with Crippen molar-refractivity contribution in [1.29, 1.82) is 0 Å². The average Bonchev–Trinajstić information content (AvgIpc) is 3.24. The number of carbonyl (C=O) groups excluding carboxylic acids is 1. The lowest BCUT2D eigenvalue weighted by atomic mass is 10.1. The van der Waals surface area contributed by atoms with E-state index in [9.17, 15) is 13.6 Å². The molecule has 26 heavy (non-hydrogen) atoms. The molecule has 1 aromatic heterocycles. The first-order valence-corrected chi connectivity index (χ1v) is 8.20. The zero-order valence-corrected chi connectivity index (χ0v) is 13.7. The maximum absolute atomic E-state index is 13.3. The van der Waals surface area contributed by atoms with E-state index in [1.165, 1.54) is 24.3 Å². The van der Waals surface area contributed by atoms with Crippen molar-refractivity contribution in [1.82, 2.24) is 15.0 Å². The van der Waals surface area contributed by atoms with Crippen LogP contribution >= 0.6 is 0 Å². The quantitative estimate of drug-likeness (QED) is 0.718. The van der Waals surface area contributed by atoms with Crippen molar-refractivity contribution in [2.24, 2.45) is 0 Å². The van der Waals surface area contributed by atoms with Gasteiger partial charge in [-0.25, -0.2) is 8.78 Å². The monoisotopic (exact) mass is 355 g/mol. The lowest BCUT2D eigenvalue weighted by molar-refractivity contribution is -0.128. The number of halogens is 2. The van der Waals surface area contributed by atoms with Gasteiger partial charge in [0, 0.05) is 31.0 Å². The van der Waals surface area contributed by atoms with E-state index in [2.05, 4.69) is 10.1 Å². The largest absolute Gasteiger partial charge is 0.338 e. The molecule has 4 rings (SSSR count). The van der Waals surface area contributed by atoms with Crippen molar-refractivity contribution in [2.45, 2.75) is 18.9 Å². The number of likely N-dealkylation sites (tertiary alicyclic amines) is 1. The Labute approximate surface area is 148 Å². The topological polar surface area (TPSA) is 59.2 Å². The molecule has 0 saturated carbocycles. The van der Waals surface area contributed by atoms with E-state index < -0.39 is 0 Å². The Bertz CT molecular complexity index is 940. The smallest absolute Gasteiger partial charge is 0.258 e. The van der Waals surface area contributed by atoms with Crippen LogP contribution in [0, 0.1) is 11.6 Å². The second-order valence-corrected chi connectivity index (χ2v) is 6.27. The van der Waals surface area contributed by atoms with E-state index in [1.807, 2.05) is 0 Å². The van der Waals surface area contributed by atoms with Gasteiger partial charge in [0.05, 0.1) is 0 Å². The maximum atomic E-state index is 13.3. The number of carbonyl (C=O) groups is 1. The Morgan fingerprint density at radius 3 is 2.69 bits per heavy atom. The Balaban J connectivity index is 1.48. The third-order valence-electron chi connectivity index (χ3n) is 4.38. The fourth-order valence-electron chi connectivity index (χ4n) is 3.05. The summed E-state index contributed by atoms with van der Waals surface area (Å²) in [5.74, 6) is -0.242. The number of rotatable bonds is 4. The summed E-state index contributed by atoms with van der Waals surface area (Å²) in [6.07, 6.45) is 0.281. The molecule has 1 aliphatic rings. The standard InChI is InChI=1S/C19H15F2N3O2/c20-15-6-4-12(5-7-15)10-24-11-14(9-17(24)25)18-22-19(26-23-18)13-2-1-3-16(21)8-13/h1-8,14H,9-11H2. The molecule has 0 aliphatic carbocycles. The Morgan fingerprint density at radius 1 is 1.12 bits per heavy atom. The molecule has 0 spiro atoms. The summed E-state index contributed by atoms with van der Waals surface area (Å²) in [5.41, 5.74) is 1.35. The highest BCUT2D eigenvalue weighted by Crippen LogP contribution is 2.29. The molecule has 1 fully saturated rings. The molecule has 0 radical (unpaired) electrons. The highest BCUT2D eigenvalue weighted by atomic mass is 19.1. The molecule has 5 nitrogen and oxygen atoms in total. The van der Waals surface area contributed by atoms with Gasteiger partial charge in [-0.3, -0.25) is 4.79 Å².